The molecule has 14 heteroatoms. The number of benzene rings is 2. The van der Waals surface area contributed by atoms with Gasteiger partial charge in [-0.25, -0.2) is 8.42 Å². The van der Waals surface area contributed by atoms with E-state index in [1.54, 1.807) is 0 Å². The normalized spacial score (nSPS) is 24.3. The second kappa shape index (κ2) is 9.18. The van der Waals surface area contributed by atoms with Crippen molar-refractivity contribution >= 4 is 64.9 Å². The molecule has 0 aliphatic heterocycles. The second-order valence-corrected chi connectivity index (χ2v) is 13.5. The Morgan fingerprint density at radius 1 is 0.829 bits per heavy atom. The number of allylic oxidation sites excluding steroid dienone is 1. The van der Waals surface area contributed by atoms with E-state index < -0.39 is 53.3 Å². The number of rotatable bonds is 5. The molecule has 2 unspecified atom stereocenters. The van der Waals surface area contributed by atoms with Crippen LogP contribution in [0, 0.1) is 0 Å². The van der Waals surface area contributed by atoms with Crippen LogP contribution in [0.4, 0.5) is 30.7 Å². The van der Waals surface area contributed by atoms with Crippen molar-refractivity contribution in [2.45, 2.75) is 39.3 Å². The predicted molar refractivity (Wildman–Crippen MR) is 126 cm³/mol. The standard InChI is InChI=1S/C21H13Br2Cl2F7O2S/c22-12-9-17(23,13-5-1-3-7-15(13)24)11-18(10-12,14-6-2-4-8-16(14)25)35(33,34)21(31,32)19(26,27)20(28,29)30/h1-8,10H,9,11H2. The van der Waals surface area contributed by atoms with Gasteiger partial charge < -0.3 is 0 Å². The molecule has 2 aromatic carbocycles. The lowest BCUT2D eigenvalue weighted by Crippen LogP contribution is -2.61. The molecule has 192 valence electrons. The van der Waals surface area contributed by atoms with Gasteiger partial charge in [0.05, 0.1) is 4.32 Å². The molecule has 0 saturated heterocycles. The quantitative estimate of drug-likeness (QED) is 0.232. The van der Waals surface area contributed by atoms with E-state index in [9.17, 15) is 39.2 Å². The molecule has 0 heterocycles. The molecule has 0 bridgehead atoms. The Balaban J connectivity index is 2.42. The highest BCUT2D eigenvalue weighted by molar-refractivity contribution is 9.12. The Morgan fingerprint density at radius 2 is 1.29 bits per heavy atom. The van der Waals surface area contributed by atoms with Crippen molar-refractivity contribution in [1.29, 1.82) is 0 Å². The minimum Gasteiger partial charge on any atom is -0.221 e. The molecule has 35 heavy (non-hydrogen) atoms. The summed E-state index contributed by atoms with van der Waals surface area (Å²) in [5.74, 6) is -6.91. The molecule has 2 atom stereocenters. The maximum Gasteiger partial charge on any atom is 0.461 e. The summed E-state index contributed by atoms with van der Waals surface area (Å²) in [7, 11) is -6.73. The molecule has 1 aliphatic carbocycles. The summed E-state index contributed by atoms with van der Waals surface area (Å²) in [5.41, 5.74) is -0.406. The number of alkyl halides is 8. The maximum atomic E-state index is 15.0. The fourth-order valence-electron chi connectivity index (χ4n) is 3.97. The Hall–Kier alpha value is -0.820. The number of hydrogen-bond donors (Lipinski definition) is 0. The van der Waals surface area contributed by atoms with Gasteiger partial charge in [0.15, 0.2) is 0 Å². The van der Waals surface area contributed by atoms with Gasteiger partial charge in [-0.3, -0.25) is 0 Å². The van der Waals surface area contributed by atoms with Crippen molar-refractivity contribution < 1.29 is 39.2 Å². The van der Waals surface area contributed by atoms with Gasteiger partial charge in [-0.2, -0.15) is 30.7 Å². The lowest BCUT2D eigenvalue weighted by Gasteiger charge is -2.45. The molecule has 3 rings (SSSR count). The fraction of sp³-hybridized carbons (Fsp3) is 0.333. The van der Waals surface area contributed by atoms with Crippen LogP contribution >= 0.6 is 55.1 Å². The van der Waals surface area contributed by atoms with E-state index in [0.29, 0.717) is 6.08 Å². The molecular weight excluding hydrogens is 680 g/mol. The van der Waals surface area contributed by atoms with Crippen LogP contribution < -0.4 is 0 Å². The van der Waals surface area contributed by atoms with Crippen molar-refractivity contribution in [2.75, 3.05) is 0 Å². The zero-order chi connectivity index (χ0) is 26.7. The maximum absolute atomic E-state index is 15.0. The summed E-state index contributed by atoms with van der Waals surface area (Å²) in [5, 5.41) is -6.94. The van der Waals surface area contributed by atoms with Gasteiger partial charge >= 0.3 is 17.4 Å². The highest BCUT2D eigenvalue weighted by Gasteiger charge is 2.81. The molecule has 0 spiro atoms. The summed E-state index contributed by atoms with van der Waals surface area (Å²) in [6.07, 6.45) is -7.22. The highest BCUT2D eigenvalue weighted by Crippen LogP contribution is 2.62. The monoisotopic (exact) mass is 690 g/mol. The van der Waals surface area contributed by atoms with Gasteiger partial charge in [0, 0.05) is 10.0 Å². The van der Waals surface area contributed by atoms with Crippen molar-refractivity contribution in [2.24, 2.45) is 0 Å². The van der Waals surface area contributed by atoms with Crippen LogP contribution in [-0.4, -0.2) is 25.8 Å². The second-order valence-electron chi connectivity index (χ2n) is 7.85. The molecule has 0 saturated carbocycles. The molecule has 2 nitrogen and oxygen atoms in total. The van der Waals surface area contributed by atoms with Gasteiger partial charge in [0.2, 0.25) is 9.84 Å². The van der Waals surface area contributed by atoms with Gasteiger partial charge in [0.1, 0.15) is 4.75 Å². The van der Waals surface area contributed by atoms with E-state index in [-0.39, 0.29) is 21.5 Å². The summed E-state index contributed by atoms with van der Waals surface area (Å²) < 4.78 is 119. The summed E-state index contributed by atoms with van der Waals surface area (Å²) >= 11 is 18.7. The third-order valence-corrected chi connectivity index (χ3v) is 10.1. The largest absolute Gasteiger partial charge is 0.461 e. The van der Waals surface area contributed by atoms with Crippen LogP contribution in [0.25, 0.3) is 0 Å². The summed E-state index contributed by atoms with van der Waals surface area (Å²) in [6, 6.07) is 10.5. The van der Waals surface area contributed by atoms with Crippen molar-refractivity contribution in [3.63, 3.8) is 0 Å². The first-order valence-electron chi connectivity index (χ1n) is 9.47. The average Bonchev–Trinajstić information content (AvgIpc) is 2.72. The minimum atomic E-state index is -6.91. The van der Waals surface area contributed by atoms with E-state index in [1.165, 1.54) is 36.4 Å². The molecule has 0 N–H and O–H groups in total. The first-order valence-corrected chi connectivity index (χ1v) is 13.3. The molecule has 2 aromatic rings. The lowest BCUT2D eigenvalue weighted by atomic mass is 9.78. The molecule has 0 fully saturated rings. The molecule has 0 radical (unpaired) electrons. The fourth-order valence-corrected chi connectivity index (χ4v) is 9.55. The Morgan fingerprint density at radius 3 is 1.74 bits per heavy atom. The van der Waals surface area contributed by atoms with Crippen LogP contribution in [0.1, 0.15) is 24.0 Å². The van der Waals surface area contributed by atoms with Crippen molar-refractivity contribution in [3.05, 3.63) is 80.3 Å². The molecule has 0 aromatic heterocycles. The van der Waals surface area contributed by atoms with Crippen LogP contribution in [0.3, 0.4) is 0 Å². The lowest BCUT2D eigenvalue weighted by molar-refractivity contribution is -0.332. The SMILES string of the molecule is O=S(=O)(C1(c2ccccc2Cl)C=C(Br)CC(Br)(c2ccccc2Cl)C1)C(F)(F)C(F)(F)C(F)(F)F. The highest BCUT2D eigenvalue weighted by atomic mass is 79.9. The van der Waals surface area contributed by atoms with Gasteiger partial charge in [0.25, 0.3) is 0 Å². The number of halogens is 11. The van der Waals surface area contributed by atoms with Gasteiger partial charge in [-0.15, -0.1) is 0 Å². The van der Waals surface area contributed by atoms with E-state index in [1.807, 2.05) is 0 Å². The average molecular weight is 693 g/mol. The van der Waals surface area contributed by atoms with Gasteiger partial charge in [-0.1, -0.05) is 91.5 Å². The summed E-state index contributed by atoms with van der Waals surface area (Å²) in [6.45, 7) is 0. The third kappa shape index (κ3) is 4.45. The summed E-state index contributed by atoms with van der Waals surface area (Å²) in [4.78, 5) is 0. The van der Waals surface area contributed by atoms with Crippen LogP contribution in [0.5, 0.6) is 0 Å². The Labute approximate surface area is 222 Å². The zero-order valence-electron chi connectivity index (χ0n) is 17.0. The first kappa shape index (κ1) is 28.7. The minimum absolute atomic E-state index is 0.0735. The number of sulfone groups is 1. The molecular formula is C21H13Br2Cl2F7O2S. The molecule has 1 aliphatic rings. The predicted octanol–water partition coefficient (Wildman–Crippen LogP) is 8.76. The van der Waals surface area contributed by atoms with Crippen molar-refractivity contribution in [1.82, 2.24) is 0 Å². The van der Waals surface area contributed by atoms with E-state index in [0.717, 1.165) is 12.1 Å². The smallest absolute Gasteiger partial charge is 0.221 e. The van der Waals surface area contributed by atoms with Gasteiger partial charge in [-0.05, 0) is 46.7 Å². The topological polar surface area (TPSA) is 34.1 Å². The van der Waals surface area contributed by atoms with Crippen LogP contribution in [-0.2, 0) is 18.9 Å². The zero-order valence-corrected chi connectivity index (χ0v) is 22.5. The van der Waals surface area contributed by atoms with E-state index in [2.05, 4.69) is 31.9 Å². The van der Waals surface area contributed by atoms with Crippen molar-refractivity contribution in [3.8, 4) is 0 Å². The molecule has 0 amide bonds. The van der Waals surface area contributed by atoms with E-state index >= 15 is 0 Å². The van der Waals surface area contributed by atoms with Crippen LogP contribution in [0.2, 0.25) is 10.0 Å². The Kier molecular flexibility index (Phi) is 7.54. The first-order chi connectivity index (χ1) is 15.8. The van der Waals surface area contributed by atoms with Crippen LogP contribution in [0.15, 0.2) is 59.1 Å². The van der Waals surface area contributed by atoms with E-state index in [4.69, 9.17) is 23.2 Å². The number of hydrogen-bond acceptors (Lipinski definition) is 2. The third-order valence-electron chi connectivity index (χ3n) is 5.61. The Bertz CT molecular complexity index is 1280.